The Labute approximate surface area is 75.1 Å². The van der Waals surface area contributed by atoms with E-state index in [1.165, 1.54) is 0 Å². The minimum atomic E-state index is -0.743. The molecule has 2 fully saturated rings. The Morgan fingerprint density at radius 2 is 2.15 bits per heavy atom. The third kappa shape index (κ3) is 1.39. The molecule has 2 aliphatic rings. The first kappa shape index (κ1) is 8.50. The minimum Gasteiger partial charge on any atom is -0.442 e. The lowest BCUT2D eigenvalue weighted by atomic mass is 9.83. The van der Waals surface area contributed by atoms with E-state index >= 15 is 0 Å². The van der Waals surface area contributed by atoms with Gasteiger partial charge in [-0.05, 0) is 19.3 Å². The molecule has 1 aliphatic heterocycles. The summed E-state index contributed by atoms with van der Waals surface area (Å²) in [7, 11) is 0. The quantitative estimate of drug-likeness (QED) is 0.547. The van der Waals surface area contributed by atoms with Crippen molar-refractivity contribution in [3.63, 3.8) is 0 Å². The highest BCUT2D eigenvalue weighted by Crippen LogP contribution is 2.29. The number of rotatable bonds is 0. The summed E-state index contributed by atoms with van der Waals surface area (Å²) in [4.78, 5) is 22.1. The zero-order valence-electron chi connectivity index (χ0n) is 7.03. The van der Waals surface area contributed by atoms with E-state index < -0.39 is 18.3 Å². The first-order valence-electron chi connectivity index (χ1n) is 4.38. The van der Waals surface area contributed by atoms with Crippen molar-refractivity contribution < 1.29 is 19.4 Å². The molecule has 1 saturated carbocycles. The second-order valence-corrected chi connectivity index (χ2v) is 3.46. The van der Waals surface area contributed by atoms with E-state index in [9.17, 15) is 14.7 Å². The highest BCUT2D eigenvalue weighted by Gasteiger charge is 2.43. The van der Waals surface area contributed by atoms with Crippen LogP contribution in [0.5, 0.6) is 0 Å². The van der Waals surface area contributed by atoms with E-state index in [2.05, 4.69) is 5.32 Å². The number of imide groups is 1. The first-order chi connectivity index (χ1) is 6.18. The Morgan fingerprint density at radius 1 is 1.38 bits per heavy atom. The number of ether oxygens (including phenoxy) is 1. The average molecular weight is 185 g/mol. The number of alkyl carbamates (subject to hydrolysis) is 1. The molecule has 0 aromatic carbocycles. The van der Waals surface area contributed by atoms with Crippen molar-refractivity contribution in [3.05, 3.63) is 0 Å². The summed E-state index contributed by atoms with van der Waals surface area (Å²) in [5.74, 6) is -0.679. The normalized spacial score (nSPS) is 39.0. The Morgan fingerprint density at radius 3 is 2.92 bits per heavy atom. The van der Waals surface area contributed by atoms with Gasteiger partial charge in [0.1, 0.15) is 6.10 Å². The molecule has 0 aromatic heterocycles. The molecule has 0 aromatic rings. The van der Waals surface area contributed by atoms with Crippen LogP contribution in [0.1, 0.15) is 19.3 Å². The number of aliphatic hydroxyl groups is 1. The van der Waals surface area contributed by atoms with Crippen LogP contribution in [0.25, 0.3) is 0 Å². The molecule has 13 heavy (non-hydrogen) atoms. The van der Waals surface area contributed by atoms with Gasteiger partial charge in [0.2, 0.25) is 5.91 Å². The molecule has 2 N–H and O–H groups in total. The lowest BCUT2D eigenvalue weighted by molar-refractivity contribution is -0.141. The number of fused-ring (bicyclic) bond motifs is 1. The van der Waals surface area contributed by atoms with E-state index in [0.717, 1.165) is 6.42 Å². The summed E-state index contributed by atoms with van der Waals surface area (Å²) in [6, 6.07) is 0. The van der Waals surface area contributed by atoms with Gasteiger partial charge in [-0.3, -0.25) is 10.1 Å². The van der Waals surface area contributed by atoms with Gasteiger partial charge in [0.05, 0.1) is 12.0 Å². The van der Waals surface area contributed by atoms with Crippen molar-refractivity contribution in [2.45, 2.75) is 31.5 Å². The number of hydrogen-bond acceptors (Lipinski definition) is 4. The number of nitrogens with one attached hydrogen (secondary N) is 1. The number of amides is 2. The van der Waals surface area contributed by atoms with Gasteiger partial charge >= 0.3 is 6.09 Å². The van der Waals surface area contributed by atoms with Gasteiger partial charge in [0, 0.05) is 0 Å². The maximum Gasteiger partial charge on any atom is 0.414 e. The van der Waals surface area contributed by atoms with Crippen LogP contribution < -0.4 is 5.32 Å². The van der Waals surface area contributed by atoms with Gasteiger partial charge in [-0.2, -0.15) is 0 Å². The molecule has 1 saturated heterocycles. The Balaban J connectivity index is 2.17. The molecule has 3 atom stereocenters. The molecular weight excluding hydrogens is 174 g/mol. The summed E-state index contributed by atoms with van der Waals surface area (Å²) < 4.78 is 4.85. The zero-order valence-corrected chi connectivity index (χ0v) is 7.03. The largest absolute Gasteiger partial charge is 0.442 e. The van der Waals surface area contributed by atoms with Gasteiger partial charge in [-0.25, -0.2) is 4.79 Å². The van der Waals surface area contributed by atoms with Crippen molar-refractivity contribution >= 4 is 12.0 Å². The Bertz CT molecular complexity index is 253. The molecule has 5 heteroatoms. The number of hydrogen-bond donors (Lipinski definition) is 2. The fourth-order valence-electron chi connectivity index (χ4n) is 1.93. The number of carbonyl (C=O) groups excluding carboxylic acids is 2. The molecule has 0 spiro atoms. The van der Waals surface area contributed by atoms with Crippen LogP contribution >= 0.6 is 0 Å². The Kier molecular flexibility index (Phi) is 1.95. The van der Waals surface area contributed by atoms with Crippen LogP contribution in [0.15, 0.2) is 0 Å². The van der Waals surface area contributed by atoms with Crippen LogP contribution in [0.2, 0.25) is 0 Å². The summed E-state index contributed by atoms with van der Waals surface area (Å²) in [6.07, 6.45) is 0.0199. The van der Waals surface area contributed by atoms with Crippen molar-refractivity contribution in [1.82, 2.24) is 5.32 Å². The molecular formula is C8H11NO4. The van der Waals surface area contributed by atoms with Crippen molar-refractivity contribution in [1.29, 1.82) is 0 Å². The lowest BCUT2D eigenvalue weighted by Gasteiger charge is -2.36. The molecule has 1 heterocycles. The molecule has 2 amide bonds. The maximum atomic E-state index is 11.3. The van der Waals surface area contributed by atoms with Crippen molar-refractivity contribution in [2.24, 2.45) is 5.92 Å². The summed E-state index contributed by atoms with van der Waals surface area (Å²) in [5.41, 5.74) is 0. The van der Waals surface area contributed by atoms with Gasteiger partial charge in [-0.1, -0.05) is 0 Å². The topological polar surface area (TPSA) is 75.6 Å². The third-order valence-electron chi connectivity index (χ3n) is 2.60. The van der Waals surface area contributed by atoms with Gasteiger partial charge in [0.15, 0.2) is 0 Å². The second kappa shape index (κ2) is 2.99. The fourth-order valence-corrected chi connectivity index (χ4v) is 1.93. The number of aliphatic hydroxyl groups excluding tert-OH is 1. The van der Waals surface area contributed by atoms with Gasteiger partial charge in [-0.15, -0.1) is 0 Å². The standard InChI is InChI=1S/C8H11NO4/c10-5-3-1-2-4-6(5)13-8(12)9-7(4)11/h4-6,10H,1-3H2,(H,9,11,12). The smallest absolute Gasteiger partial charge is 0.414 e. The monoisotopic (exact) mass is 185 g/mol. The molecule has 2 rings (SSSR count). The molecule has 0 radical (unpaired) electrons. The van der Waals surface area contributed by atoms with E-state index in [-0.39, 0.29) is 11.8 Å². The van der Waals surface area contributed by atoms with Crippen LogP contribution in [0.3, 0.4) is 0 Å². The van der Waals surface area contributed by atoms with Gasteiger partial charge < -0.3 is 9.84 Å². The highest BCUT2D eigenvalue weighted by atomic mass is 16.6. The molecule has 72 valence electrons. The molecule has 1 aliphatic carbocycles. The first-order valence-corrected chi connectivity index (χ1v) is 4.38. The molecule has 5 nitrogen and oxygen atoms in total. The van der Waals surface area contributed by atoms with Crippen molar-refractivity contribution in [3.8, 4) is 0 Å². The van der Waals surface area contributed by atoms with E-state index in [4.69, 9.17) is 4.74 Å². The minimum absolute atomic E-state index is 0.319. The van der Waals surface area contributed by atoms with Crippen LogP contribution in [0, 0.1) is 5.92 Å². The Hall–Kier alpha value is -1.10. The zero-order chi connectivity index (χ0) is 9.42. The maximum absolute atomic E-state index is 11.3. The lowest BCUT2D eigenvalue weighted by Crippen LogP contribution is -2.55. The fraction of sp³-hybridized carbons (Fsp3) is 0.750. The summed E-state index contributed by atoms with van der Waals surface area (Å²) in [6.45, 7) is 0. The number of carbonyl (C=O) groups is 2. The van der Waals surface area contributed by atoms with Crippen LogP contribution in [0.4, 0.5) is 4.79 Å². The SMILES string of the molecule is O=C1NC(=O)C2CCCC(O)C2O1. The highest BCUT2D eigenvalue weighted by molar-refractivity contribution is 5.95. The predicted molar refractivity (Wildman–Crippen MR) is 41.8 cm³/mol. The summed E-state index contributed by atoms with van der Waals surface area (Å²) in [5, 5.41) is 11.6. The van der Waals surface area contributed by atoms with E-state index in [1.54, 1.807) is 0 Å². The summed E-state index contributed by atoms with van der Waals surface area (Å²) >= 11 is 0. The van der Waals surface area contributed by atoms with Crippen LogP contribution in [-0.4, -0.2) is 29.3 Å². The second-order valence-electron chi connectivity index (χ2n) is 3.46. The van der Waals surface area contributed by atoms with Gasteiger partial charge in [0.25, 0.3) is 0 Å². The average Bonchev–Trinajstić information content (AvgIpc) is 2.07. The molecule has 3 unspecified atom stereocenters. The van der Waals surface area contributed by atoms with Crippen molar-refractivity contribution in [2.75, 3.05) is 0 Å². The van der Waals surface area contributed by atoms with E-state index in [1.807, 2.05) is 0 Å². The molecule has 0 bridgehead atoms. The predicted octanol–water partition coefficient (Wildman–Crippen LogP) is -0.218. The third-order valence-corrected chi connectivity index (χ3v) is 2.60. The van der Waals surface area contributed by atoms with Crippen LogP contribution in [-0.2, 0) is 9.53 Å². The van der Waals surface area contributed by atoms with E-state index in [0.29, 0.717) is 12.8 Å².